The highest BCUT2D eigenvalue weighted by molar-refractivity contribution is 7.89. The van der Waals surface area contributed by atoms with Crippen molar-refractivity contribution in [3.63, 3.8) is 0 Å². The van der Waals surface area contributed by atoms with E-state index in [9.17, 15) is 18.0 Å². The molecule has 0 unspecified atom stereocenters. The molecule has 0 spiro atoms. The minimum Gasteiger partial charge on any atom is -0.495 e. The zero-order valence-electron chi connectivity index (χ0n) is 17.7. The van der Waals surface area contributed by atoms with Crippen LogP contribution in [0.3, 0.4) is 0 Å². The normalized spacial score (nSPS) is 14.9. The summed E-state index contributed by atoms with van der Waals surface area (Å²) in [5, 5.41) is 2.97. The highest BCUT2D eigenvalue weighted by Gasteiger charge is 2.26. The van der Waals surface area contributed by atoms with Gasteiger partial charge in [-0.25, -0.2) is 13.2 Å². The van der Waals surface area contributed by atoms with Gasteiger partial charge < -0.3 is 14.8 Å². The SMILES string of the molecule is COc1ccc(Cl)cc1NC(=O)COC(=O)c1cccc(S(=O)(=O)N2CCCCCC2)c1. The molecule has 0 radical (unpaired) electrons. The van der Waals surface area contributed by atoms with Gasteiger partial charge in [0.05, 0.1) is 23.3 Å². The second-order valence-corrected chi connectivity index (χ2v) is 9.69. The summed E-state index contributed by atoms with van der Waals surface area (Å²) < 4.78 is 37.6. The highest BCUT2D eigenvalue weighted by atomic mass is 35.5. The van der Waals surface area contributed by atoms with E-state index in [1.54, 1.807) is 12.1 Å². The van der Waals surface area contributed by atoms with Gasteiger partial charge in [0.25, 0.3) is 5.91 Å². The van der Waals surface area contributed by atoms with Crippen LogP contribution >= 0.6 is 11.6 Å². The van der Waals surface area contributed by atoms with Crippen LogP contribution in [0.15, 0.2) is 47.4 Å². The molecule has 1 heterocycles. The molecule has 1 amide bonds. The number of ether oxygens (including phenoxy) is 2. The Morgan fingerprint density at radius 1 is 1.06 bits per heavy atom. The van der Waals surface area contributed by atoms with E-state index in [-0.39, 0.29) is 10.5 Å². The molecule has 1 aliphatic rings. The first-order chi connectivity index (χ1) is 15.3. The van der Waals surface area contributed by atoms with Crippen molar-refractivity contribution < 1.29 is 27.5 Å². The van der Waals surface area contributed by atoms with Gasteiger partial charge in [-0.15, -0.1) is 0 Å². The molecular formula is C22H25ClN2O6S. The van der Waals surface area contributed by atoms with Gasteiger partial charge in [0.2, 0.25) is 10.0 Å². The number of benzene rings is 2. The van der Waals surface area contributed by atoms with Crippen LogP contribution in [0.2, 0.25) is 5.02 Å². The number of nitrogens with one attached hydrogen (secondary N) is 1. The fraction of sp³-hybridized carbons (Fsp3) is 0.364. The van der Waals surface area contributed by atoms with Crippen LogP contribution in [-0.4, -0.2) is 51.4 Å². The lowest BCUT2D eigenvalue weighted by Crippen LogP contribution is -2.32. The highest BCUT2D eigenvalue weighted by Crippen LogP contribution is 2.27. The van der Waals surface area contributed by atoms with E-state index in [0.717, 1.165) is 25.7 Å². The molecule has 0 aromatic heterocycles. The standard InChI is InChI=1S/C22H25ClN2O6S/c1-30-20-10-9-17(23)14-19(20)24-21(26)15-31-22(27)16-7-6-8-18(13-16)32(28,29)25-11-4-2-3-5-12-25/h6-10,13-14H,2-5,11-12,15H2,1H3,(H,24,26). The van der Waals surface area contributed by atoms with Crippen LogP contribution in [0.4, 0.5) is 5.69 Å². The zero-order valence-corrected chi connectivity index (χ0v) is 19.2. The maximum absolute atomic E-state index is 13.0. The minimum atomic E-state index is -3.71. The third kappa shape index (κ3) is 5.99. The second kappa shape index (κ2) is 10.8. The van der Waals surface area contributed by atoms with Gasteiger partial charge in [-0.05, 0) is 49.2 Å². The van der Waals surface area contributed by atoms with Gasteiger partial charge in [-0.1, -0.05) is 30.5 Å². The molecule has 1 saturated heterocycles. The topological polar surface area (TPSA) is 102 Å². The van der Waals surface area contributed by atoms with Gasteiger partial charge in [0, 0.05) is 18.1 Å². The van der Waals surface area contributed by atoms with E-state index < -0.39 is 28.5 Å². The van der Waals surface area contributed by atoms with E-state index in [1.165, 1.54) is 41.7 Å². The molecule has 2 aromatic rings. The summed E-state index contributed by atoms with van der Waals surface area (Å²) in [5.41, 5.74) is 0.389. The Kier molecular flexibility index (Phi) is 8.11. The number of anilines is 1. The minimum absolute atomic E-state index is 0.0296. The number of amides is 1. The maximum Gasteiger partial charge on any atom is 0.338 e. The molecule has 32 heavy (non-hydrogen) atoms. The van der Waals surface area contributed by atoms with Crippen LogP contribution < -0.4 is 10.1 Å². The molecular weight excluding hydrogens is 456 g/mol. The van der Waals surface area contributed by atoms with E-state index in [0.29, 0.717) is 29.5 Å². The lowest BCUT2D eigenvalue weighted by molar-refractivity contribution is -0.119. The van der Waals surface area contributed by atoms with Gasteiger partial charge >= 0.3 is 5.97 Å². The molecule has 0 atom stereocenters. The Bertz CT molecular complexity index is 1080. The summed E-state index contributed by atoms with van der Waals surface area (Å²) in [4.78, 5) is 24.7. The second-order valence-electron chi connectivity index (χ2n) is 7.32. The summed E-state index contributed by atoms with van der Waals surface area (Å²) in [6.07, 6.45) is 3.63. The molecule has 2 aromatic carbocycles. The third-order valence-corrected chi connectivity index (χ3v) is 7.17. The Hall–Kier alpha value is -2.62. The first-order valence-corrected chi connectivity index (χ1v) is 12.0. The summed E-state index contributed by atoms with van der Waals surface area (Å²) in [5.74, 6) is -0.987. The first-order valence-electron chi connectivity index (χ1n) is 10.2. The average Bonchev–Trinajstić information content (AvgIpc) is 3.08. The molecule has 3 rings (SSSR count). The molecule has 0 saturated carbocycles. The van der Waals surface area contributed by atoms with Crippen molar-refractivity contribution in [2.75, 3.05) is 32.1 Å². The van der Waals surface area contributed by atoms with Crippen molar-refractivity contribution in [3.05, 3.63) is 53.1 Å². The van der Waals surface area contributed by atoms with Gasteiger partial charge in [-0.3, -0.25) is 4.79 Å². The smallest absolute Gasteiger partial charge is 0.338 e. The first kappa shape index (κ1) is 24.0. The lowest BCUT2D eigenvalue weighted by atomic mass is 10.2. The fourth-order valence-corrected chi connectivity index (χ4v) is 5.13. The van der Waals surface area contributed by atoms with Crippen molar-refractivity contribution in [3.8, 4) is 5.75 Å². The number of carbonyl (C=O) groups is 2. The number of rotatable bonds is 7. The zero-order chi connectivity index (χ0) is 23.1. The van der Waals surface area contributed by atoms with E-state index in [1.807, 2.05) is 0 Å². The Labute approximate surface area is 192 Å². The maximum atomic E-state index is 13.0. The molecule has 1 aliphatic heterocycles. The van der Waals surface area contributed by atoms with Crippen molar-refractivity contribution in [2.45, 2.75) is 30.6 Å². The predicted molar refractivity (Wildman–Crippen MR) is 121 cm³/mol. The van der Waals surface area contributed by atoms with Crippen molar-refractivity contribution in [2.24, 2.45) is 0 Å². The van der Waals surface area contributed by atoms with Crippen molar-refractivity contribution in [1.29, 1.82) is 0 Å². The van der Waals surface area contributed by atoms with Gasteiger partial charge in [-0.2, -0.15) is 4.31 Å². The van der Waals surface area contributed by atoms with E-state index in [2.05, 4.69) is 5.32 Å². The van der Waals surface area contributed by atoms with Crippen molar-refractivity contribution in [1.82, 2.24) is 4.31 Å². The molecule has 172 valence electrons. The molecule has 1 N–H and O–H groups in total. The van der Waals surface area contributed by atoms with Crippen LogP contribution in [0.1, 0.15) is 36.0 Å². The van der Waals surface area contributed by atoms with Crippen LogP contribution in [0, 0.1) is 0 Å². The van der Waals surface area contributed by atoms with Gasteiger partial charge in [0.1, 0.15) is 5.75 Å². The molecule has 0 bridgehead atoms. The Balaban J connectivity index is 1.65. The number of hydrogen-bond acceptors (Lipinski definition) is 6. The third-order valence-electron chi connectivity index (χ3n) is 5.04. The number of nitrogens with zero attached hydrogens (tertiary/aromatic N) is 1. The van der Waals surface area contributed by atoms with E-state index in [4.69, 9.17) is 21.1 Å². The Morgan fingerprint density at radius 3 is 2.47 bits per heavy atom. The monoisotopic (exact) mass is 480 g/mol. The largest absolute Gasteiger partial charge is 0.495 e. The number of esters is 1. The number of carbonyl (C=O) groups excluding carboxylic acids is 2. The van der Waals surface area contributed by atoms with Crippen LogP contribution in [-0.2, 0) is 19.6 Å². The predicted octanol–water partition coefficient (Wildman–Crippen LogP) is 3.71. The van der Waals surface area contributed by atoms with Crippen molar-refractivity contribution >= 4 is 39.2 Å². The quantitative estimate of drug-likeness (QED) is 0.606. The van der Waals surface area contributed by atoms with Crippen LogP contribution in [0.5, 0.6) is 5.75 Å². The Morgan fingerprint density at radius 2 is 1.78 bits per heavy atom. The number of hydrogen-bond donors (Lipinski definition) is 1. The number of methoxy groups -OCH3 is 1. The fourth-order valence-electron chi connectivity index (χ4n) is 3.39. The summed E-state index contributed by atoms with van der Waals surface area (Å²) >= 11 is 5.94. The lowest BCUT2D eigenvalue weighted by Gasteiger charge is -2.20. The summed E-state index contributed by atoms with van der Waals surface area (Å²) in [6.45, 7) is 0.367. The summed E-state index contributed by atoms with van der Waals surface area (Å²) in [6, 6.07) is 10.4. The number of halogens is 1. The molecule has 10 heteroatoms. The van der Waals surface area contributed by atoms with Gasteiger partial charge in [0.15, 0.2) is 6.61 Å². The van der Waals surface area contributed by atoms with Crippen LogP contribution in [0.25, 0.3) is 0 Å². The van der Waals surface area contributed by atoms with E-state index >= 15 is 0 Å². The average molecular weight is 481 g/mol. The molecule has 8 nitrogen and oxygen atoms in total. The molecule has 0 aliphatic carbocycles. The number of sulfonamides is 1. The molecule has 1 fully saturated rings. The summed E-state index contributed by atoms with van der Waals surface area (Å²) in [7, 11) is -2.26.